The van der Waals surface area contributed by atoms with Gasteiger partial charge in [0.1, 0.15) is 18.8 Å². The number of rotatable bonds is 27. The molecule has 0 aromatic carbocycles. The van der Waals surface area contributed by atoms with Gasteiger partial charge in [0.25, 0.3) is 0 Å². The van der Waals surface area contributed by atoms with E-state index in [4.69, 9.17) is 38.9 Å². The van der Waals surface area contributed by atoms with Crippen LogP contribution in [0.1, 0.15) is 336 Å². The van der Waals surface area contributed by atoms with E-state index in [2.05, 4.69) is 308 Å². The summed E-state index contributed by atoms with van der Waals surface area (Å²) in [6.07, 6.45) is 25.7. The Labute approximate surface area is 899 Å². The molecule has 0 amide bonds. The van der Waals surface area contributed by atoms with Gasteiger partial charge in [-0.3, -0.25) is 72.8 Å². The maximum atomic E-state index is 12.5. The molecule has 862 valence electrons. The predicted molar refractivity (Wildman–Crippen MR) is 601 cm³/mol. The number of piperazine rings is 1. The monoisotopic (exact) mass is 2090 g/mol. The number of nitrogens with one attached hydrogen (secondary N) is 1. The Morgan fingerprint density at radius 2 is 0.932 bits per heavy atom. The molecule has 0 aliphatic carbocycles. The van der Waals surface area contributed by atoms with Crippen LogP contribution >= 0.6 is 0 Å². The first-order valence-corrected chi connectivity index (χ1v) is 57.2. The summed E-state index contributed by atoms with van der Waals surface area (Å²) in [6, 6.07) is 1.28. The second-order valence-corrected chi connectivity index (χ2v) is 53.7. The van der Waals surface area contributed by atoms with E-state index in [0.717, 1.165) is 260 Å². The molecule has 147 heavy (non-hydrogen) atoms. The molecule has 0 bridgehead atoms. The van der Waals surface area contributed by atoms with E-state index in [9.17, 15) is 33.6 Å². The number of nitrogens with two attached hydrogens (primary N) is 1. The third-order valence-electron chi connectivity index (χ3n) is 30.6. The van der Waals surface area contributed by atoms with Crippen LogP contribution in [-0.2, 0) is 76.2 Å². The standard InChI is InChI=1S/C18H34N2O2.C17H32N2O2.C15H30N2O2.C13H26N2O.C12H22N2O2.C12H23NO2.C12H23NO.2C9H19NO2/c1-17(2,3)20-12-8-18(4,9-13-20)16(21)22-14-15-6-10-19(5)11-7-15;1-17(2,3)19-11-7-15(8-12-19)16(20)21-13-14-5-9-18(4)10-6-14;1-6-19-14(18)9-10-16(5)13-7-11-17(12-8-13)15(2,3)4;1-13(2,3)15-6-4-12(5-7-15)14-8-10-16-11-9-14;1-12(2,3)14-6-4-13(5-7-14)10-8-11(15)16-9-10;1-12(2,3)7-8-13(4)9-10-5-6-11(14)15-10;1-12(2,3)6-4-5-7-13-8-10-14-11-9-13;1-9(2,3)5-6-10-7-8(11)12-4;1-9(2,3)6-5-7(10)8(11)12-4/h15H,6-14H2,1-5H3;14-15H,5-13H2,1-4H3;13H,6-12H2,1-5H3;12H,4-11H2,1-3H3;10H,4-9H2,1-3H3;10H,5-9H2,1-4H3;4-5H,6-11H2,1-3H3;10H,5-7H2,1-4H3;7H,5-6,10H2,1-4H3/b;;;;;;5-4+;;/t;;;;;;;;7-/m........0/s1. The van der Waals surface area contributed by atoms with Crippen molar-refractivity contribution in [2.75, 3.05) is 265 Å². The van der Waals surface area contributed by atoms with Crippen LogP contribution in [0, 0.1) is 44.8 Å². The minimum absolute atomic E-state index is 0.0278. The Kier molecular flexibility index (Phi) is 62.6. The molecule has 0 spiro atoms. The molecule has 11 saturated heterocycles. The maximum absolute atomic E-state index is 12.5. The molecule has 30 nitrogen and oxygen atoms in total. The molecular weight excluding hydrogens is 1860 g/mol. The zero-order valence-corrected chi connectivity index (χ0v) is 101. The number of hydrogen-bond acceptors (Lipinski definition) is 30. The zero-order valence-electron chi connectivity index (χ0n) is 101. The lowest BCUT2D eigenvalue weighted by atomic mass is 9.79. The zero-order chi connectivity index (χ0) is 111. The molecule has 3 atom stereocenters. The lowest BCUT2D eigenvalue weighted by molar-refractivity contribution is -0.160. The molecule has 11 aliphatic rings. The predicted octanol–water partition coefficient (Wildman–Crippen LogP) is 16.5. The lowest BCUT2D eigenvalue weighted by Gasteiger charge is -2.44. The van der Waals surface area contributed by atoms with Crippen molar-refractivity contribution in [3.05, 3.63) is 12.2 Å². The molecule has 0 saturated carbocycles. The van der Waals surface area contributed by atoms with E-state index in [1.165, 1.54) is 59.4 Å². The van der Waals surface area contributed by atoms with Crippen molar-refractivity contribution in [1.82, 2.24) is 64.1 Å². The molecule has 0 radical (unpaired) electrons. The number of nitrogens with zero attached hydrogens (tertiary/aromatic N) is 12. The number of carbonyl (C=O) groups excluding carboxylic acids is 7. The fourth-order valence-corrected chi connectivity index (χ4v) is 19.5. The minimum atomic E-state index is -0.464. The van der Waals surface area contributed by atoms with Crippen LogP contribution < -0.4 is 11.1 Å². The van der Waals surface area contributed by atoms with Crippen LogP contribution in [0.15, 0.2) is 12.2 Å². The first kappa shape index (κ1) is 137. The number of esters is 7. The molecule has 11 heterocycles. The van der Waals surface area contributed by atoms with Crippen molar-refractivity contribution in [3.8, 4) is 0 Å². The molecular formula is C117H228N14O16. The van der Waals surface area contributed by atoms with Crippen molar-refractivity contribution < 1.29 is 76.2 Å². The van der Waals surface area contributed by atoms with E-state index < -0.39 is 6.04 Å². The van der Waals surface area contributed by atoms with Gasteiger partial charge in [0.2, 0.25) is 0 Å². The highest BCUT2D eigenvalue weighted by molar-refractivity contribution is 5.77. The number of allylic oxidation sites excluding steroid dienone is 1. The topological polar surface area (TPSA) is 279 Å². The van der Waals surface area contributed by atoms with Crippen molar-refractivity contribution >= 4 is 41.8 Å². The van der Waals surface area contributed by atoms with E-state index in [1.807, 2.05) is 6.92 Å². The Balaban J connectivity index is 0.000000428. The summed E-state index contributed by atoms with van der Waals surface area (Å²) in [7, 11) is 11.3. The molecule has 0 aromatic rings. The Morgan fingerprint density at radius 3 is 1.36 bits per heavy atom. The van der Waals surface area contributed by atoms with Gasteiger partial charge in [-0.05, 0) is 360 Å². The fourth-order valence-electron chi connectivity index (χ4n) is 19.5. The van der Waals surface area contributed by atoms with Crippen molar-refractivity contribution in [3.63, 3.8) is 0 Å². The van der Waals surface area contributed by atoms with Gasteiger partial charge in [-0.15, -0.1) is 0 Å². The summed E-state index contributed by atoms with van der Waals surface area (Å²) in [4.78, 5) is 109. The summed E-state index contributed by atoms with van der Waals surface area (Å²) in [6.45, 7) is 97.4. The summed E-state index contributed by atoms with van der Waals surface area (Å²) in [5, 5.41) is 3.02. The van der Waals surface area contributed by atoms with Gasteiger partial charge < -0.3 is 73.3 Å². The summed E-state index contributed by atoms with van der Waals surface area (Å²) in [5.41, 5.74) is 7.90. The summed E-state index contributed by atoms with van der Waals surface area (Å²) >= 11 is 0. The van der Waals surface area contributed by atoms with E-state index >= 15 is 0 Å². The largest absolute Gasteiger partial charge is 0.468 e. The average molecular weight is 2090 g/mol. The molecule has 30 heteroatoms. The van der Waals surface area contributed by atoms with Crippen molar-refractivity contribution in [1.29, 1.82) is 0 Å². The highest BCUT2D eigenvalue weighted by Crippen LogP contribution is 2.37. The van der Waals surface area contributed by atoms with Gasteiger partial charge in [0, 0.05) is 144 Å². The first-order valence-electron chi connectivity index (χ1n) is 57.2. The molecule has 11 aliphatic heterocycles. The van der Waals surface area contributed by atoms with Gasteiger partial charge in [0.15, 0.2) is 0 Å². The number of likely N-dealkylation sites (N-methyl/N-ethyl adjacent to an activating group) is 1. The van der Waals surface area contributed by atoms with Crippen LogP contribution in [0.5, 0.6) is 0 Å². The average Bonchev–Trinajstić information content (AvgIpc) is 1.32. The number of methoxy groups -OCH3 is 2. The molecule has 0 aromatic heterocycles. The highest BCUT2D eigenvalue weighted by atomic mass is 16.6. The van der Waals surface area contributed by atoms with Crippen LogP contribution in [0.4, 0.5) is 0 Å². The van der Waals surface area contributed by atoms with Gasteiger partial charge >= 0.3 is 41.8 Å². The summed E-state index contributed by atoms with van der Waals surface area (Å²) in [5.74, 6) is 0.632. The second-order valence-electron chi connectivity index (χ2n) is 53.7. The van der Waals surface area contributed by atoms with E-state index in [1.54, 1.807) is 0 Å². The quantitative estimate of drug-likeness (QED) is 0.0334. The van der Waals surface area contributed by atoms with Crippen molar-refractivity contribution in [2.24, 2.45) is 50.6 Å². The smallest absolute Gasteiger partial charge is 0.322 e. The summed E-state index contributed by atoms with van der Waals surface area (Å²) < 4.78 is 46.2. The van der Waals surface area contributed by atoms with Gasteiger partial charge in [-0.2, -0.15) is 0 Å². The highest BCUT2D eigenvalue weighted by Gasteiger charge is 2.43. The molecule has 11 fully saturated rings. The van der Waals surface area contributed by atoms with Gasteiger partial charge in [-0.25, -0.2) is 0 Å². The maximum Gasteiger partial charge on any atom is 0.322 e. The number of cyclic esters (lactones) is 2. The molecule has 3 N–H and O–H groups in total. The fraction of sp³-hybridized carbons (Fsp3) is 0.923. The third kappa shape index (κ3) is 61.5. The SMILES string of the molecule is CC(C)(C)C/C=C/CN1CCOCC1.CC(C)(C)N1CCC(N2CCOCC2)CC1.CC(C)(C)N1CCN(C2COC(=O)C2)CC1.CCOC(=O)CCN(C)C1CCN(C(C)(C)C)CC1.CN(CCC(C)(C)C)CC1CCC(=O)O1.CN1CCC(COC(=O)C2(C)CCN(C(C)(C)C)CC2)CC1.CN1CCC(COC(=O)C2CCN(C(C)(C)C)CC2)CC1.COC(=O)CNCCC(C)(C)C.COC(=O)[C@@H](N)CCC(C)(C)C. The number of likely N-dealkylation sites (tertiary alicyclic amines) is 6. The third-order valence-corrected chi connectivity index (χ3v) is 30.6. The van der Waals surface area contributed by atoms with Crippen LogP contribution in [0.2, 0.25) is 0 Å². The first-order chi connectivity index (χ1) is 68.2. The van der Waals surface area contributed by atoms with Gasteiger partial charge in [-0.1, -0.05) is 95.2 Å². The van der Waals surface area contributed by atoms with Crippen molar-refractivity contribution in [2.45, 2.75) is 394 Å². The number of piperidine rings is 6. The van der Waals surface area contributed by atoms with Crippen LogP contribution in [0.3, 0.4) is 0 Å². The van der Waals surface area contributed by atoms with Crippen LogP contribution in [0.25, 0.3) is 0 Å². The normalized spacial score (nSPS) is 22.1. The molecule has 2 unspecified atom stereocenters. The Hall–Kier alpha value is -4.61. The number of morpholine rings is 2. The second kappa shape index (κ2) is 67.4. The van der Waals surface area contributed by atoms with E-state index in [0.29, 0.717) is 104 Å². The Bertz CT molecular complexity index is 3600. The van der Waals surface area contributed by atoms with E-state index in [-0.39, 0.29) is 86.8 Å². The number of carbonyl (C=O) groups is 7. The van der Waals surface area contributed by atoms with Gasteiger partial charge in [0.05, 0.1) is 97.2 Å². The van der Waals surface area contributed by atoms with Crippen LogP contribution in [-0.4, -0.2) is 424 Å². The number of ether oxygens (including phenoxy) is 9. The molecule has 11 rings (SSSR count). The number of hydrogen-bond donors (Lipinski definition) is 2. The lowest BCUT2D eigenvalue weighted by Crippen LogP contribution is -2.55. The minimum Gasteiger partial charge on any atom is -0.468 e. The Morgan fingerprint density at radius 1 is 0.483 bits per heavy atom.